The Balaban J connectivity index is 2.10. The van der Waals surface area contributed by atoms with Crippen LogP contribution in [0.4, 0.5) is 0 Å². The summed E-state index contributed by atoms with van der Waals surface area (Å²) in [6.45, 7) is 2.92. The molecule has 3 unspecified atom stereocenters. The van der Waals surface area contributed by atoms with E-state index in [4.69, 9.17) is 5.73 Å². The molecule has 0 aromatic carbocycles. The Morgan fingerprint density at radius 3 is 3.13 bits per heavy atom. The van der Waals surface area contributed by atoms with Crippen LogP contribution < -0.4 is 11.1 Å². The topological polar surface area (TPSA) is 75.4 Å². The summed E-state index contributed by atoms with van der Waals surface area (Å²) in [6, 6.07) is -0.558. The Morgan fingerprint density at radius 2 is 2.47 bits per heavy atom. The molecular weight excluding hydrogens is 194 g/mol. The molecule has 3 atom stereocenters. The quantitative estimate of drug-likeness (QED) is 0.606. The first-order chi connectivity index (χ1) is 7.15. The van der Waals surface area contributed by atoms with Crippen molar-refractivity contribution in [1.82, 2.24) is 10.2 Å². The molecule has 5 heteroatoms. The number of ketones is 1. The van der Waals surface area contributed by atoms with Gasteiger partial charge in [0.05, 0.1) is 24.7 Å². The Bertz CT molecular complexity index is 292. The lowest BCUT2D eigenvalue weighted by Crippen LogP contribution is -2.46. The third-order valence-electron chi connectivity index (χ3n) is 3.30. The summed E-state index contributed by atoms with van der Waals surface area (Å²) in [4.78, 5) is 25.1. The average Bonchev–Trinajstić information content (AvgIpc) is 2.80. The molecule has 0 aliphatic carbocycles. The predicted octanol–water partition coefficient (Wildman–Crippen LogP) is -1.13. The van der Waals surface area contributed by atoms with Crippen molar-refractivity contribution < 1.29 is 9.59 Å². The number of carbonyl (C=O) groups is 2. The van der Waals surface area contributed by atoms with Crippen molar-refractivity contribution >= 4 is 11.7 Å². The molecule has 5 nitrogen and oxygen atoms in total. The molecular formula is C10H17N3O2. The standard InChI is InChI=1S/C10H17N3O2/c1-2-6(11)10(15)13-5-8(14)9-7(13)3-4-12-9/h6-7,9,12H,2-5,11H2,1H3. The highest BCUT2D eigenvalue weighted by Crippen LogP contribution is 2.23. The lowest BCUT2D eigenvalue weighted by atomic mass is 10.1. The molecule has 0 spiro atoms. The van der Waals surface area contributed by atoms with E-state index in [2.05, 4.69) is 5.32 Å². The van der Waals surface area contributed by atoms with E-state index in [1.807, 2.05) is 6.92 Å². The first-order valence-electron chi connectivity index (χ1n) is 5.47. The SMILES string of the molecule is CCC(N)C(=O)N1CC(=O)C2NCCC21. The summed E-state index contributed by atoms with van der Waals surface area (Å²) in [5.41, 5.74) is 5.70. The number of likely N-dealkylation sites (tertiary alicyclic amines) is 1. The van der Waals surface area contributed by atoms with Gasteiger partial charge >= 0.3 is 0 Å². The van der Waals surface area contributed by atoms with Gasteiger partial charge in [-0.2, -0.15) is 0 Å². The first kappa shape index (κ1) is 10.6. The van der Waals surface area contributed by atoms with Crippen LogP contribution in [0.3, 0.4) is 0 Å². The fourth-order valence-corrected chi connectivity index (χ4v) is 2.37. The molecule has 2 rings (SSSR count). The average molecular weight is 211 g/mol. The van der Waals surface area contributed by atoms with Crippen LogP contribution in [-0.2, 0) is 9.59 Å². The lowest BCUT2D eigenvalue weighted by molar-refractivity contribution is -0.134. The molecule has 0 aromatic rings. The lowest BCUT2D eigenvalue weighted by Gasteiger charge is -2.24. The van der Waals surface area contributed by atoms with Crippen molar-refractivity contribution in [3.05, 3.63) is 0 Å². The molecule has 2 fully saturated rings. The van der Waals surface area contributed by atoms with Crippen LogP contribution in [0.15, 0.2) is 0 Å². The smallest absolute Gasteiger partial charge is 0.240 e. The van der Waals surface area contributed by atoms with Crippen LogP contribution in [0.2, 0.25) is 0 Å². The number of hydrogen-bond donors (Lipinski definition) is 2. The van der Waals surface area contributed by atoms with Gasteiger partial charge in [0.15, 0.2) is 5.78 Å². The van der Waals surface area contributed by atoms with Crippen LogP contribution in [0.5, 0.6) is 0 Å². The van der Waals surface area contributed by atoms with Gasteiger partial charge in [-0.15, -0.1) is 0 Å². The number of fused-ring (bicyclic) bond motifs is 1. The minimum atomic E-state index is -0.461. The van der Waals surface area contributed by atoms with Crippen molar-refractivity contribution in [2.45, 2.75) is 37.9 Å². The van der Waals surface area contributed by atoms with E-state index in [1.54, 1.807) is 4.90 Å². The Morgan fingerprint density at radius 1 is 1.73 bits per heavy atom. The Kier molecular flexibility index (Phi) is 2.75. The zero-order valence-corrected chi connectivity index (χ0v) is 8.90. The van der Waals surface area contributed by atoms with Gasteiger partial charge < -0.3 is 16.0 Å². The van der Waals surface area contributed by atoms with Crippen LogP contribution >= 0.6 is 0 Å². The third-order valence-corrected chi connectivity index (χ3v) is 3.30. The van der Waals surface area contributed by atoms with E-state index in [0.29, 0.717) is 6.42 Å². The summed E-state index contributed by atoms with van der Waals surface area (Å²) in [6.07, 6.45) is 1.48. The van der Waals surface area contributed by atoms with E-state index in [0.717, 1.165) is 13.0 Å². The molecule has 3 N–H and O–H groups in total. The van der Waals surface area contributed by atoms with Crippen molar-refractivity contribution in [3.8, 4) is 0 Å². The summed E-state index contributed by atoms with van der Waals surface area (Å²) in [7, 11) is 0. The van der Waals surface area contributed by atoms with Gasteiger partial charge in [-0.3, -0.25) is 9.59 Å². The number of Topliss-reactive ketones (excluding diaryl/α,β-unsaturated/α-hetero) is 1. The molecule has 0 saturated carbocycles. The minimum Gasteiger partial charge on any atom is -0.329 e. The molecule has 2 heterocycles. The molecule has 0 aromatic heterocycles. The molecule has 84 valence electrons. The summed E-state index contributed by atoms with van der Waals surface area (Å²) in [5.74, 6) is 0.0382. The van der Waals surface area contributed by atoms with Crippen molar-refractivity contribution in [2.75, 3.05) is 13.1 Å². The normalized spacial score (nSPS) is 31.9. The maximum atomic E-state index is 11.9. The van der Waals surface area contributed by atoms with E-state index >= 15 is 0 Å². The summed E-state index contributed by atoms with van der Waals surface area (Å²) in [5, 5.41) is 3.13. The highest BCUT2D eigenvalue weighted by Gasteiger charge is 2.46. The van der Waals surface area contributed by atoms with E-state index in [1.165, 1.54) is 0 Å². The van der Waals surface area contributed by atoms with Crippen molar-refractivity contribution in [1.29, 1.82) is 0 Å². The monoisotopic (exact) mass is 211 g/mol. The largest absolute Gasteiger partial charge is 0.329 e. The Hall–Kier alpha value is -0.940. The van der Waals surface area contributed by atoms with Crippen LogP contribution in [-0.4, -0.2) is 47.8 Å². The minimum absolute atomic E-state index is 0.0441. The highest BCUT2D eigenvalue weighted by atomic mass is 16.2. The number of nitrogens with zero attached hydrogens (tertiary/aromatic N) is 1. The second-order valence-corrected chi connectivity index (χ2v) is 4.24. The van der Waals surface area contributed by atoms with Crippen LogP contribution in [0.1, 0.15) is 19.8 Å². The van der Waals surface area contributed by atoms with Gasteiger partial charge in [-0.05, 0) is 19.4 Å². The van der Waals surface area contributed by atoms with Gasteiger partial charge in [0.25, 0.3) is 0 Å². The Labute approximate surface area is 89.0 Å². The van der Waals surface area contributed by atoms with Gasteiger partial charge in [0.1, 0.15) is 0 Å². The van der Waals surface area contributed by atoms with Gasteiger partial charge in [0.2, 0.25) is 5.91 Å². The molecule has 2 aliphatic rings. The molecule has 0 bridgehead atoms. The fourth-order valence-electron chi connectivity index (χ4n) is 2.37. The van der Waals surface area contributed by atoms with E-state index in [-0.39, 0.29) is 30.3 Å². The second-order valence-electron chi connectivity index (χ2n) is 4.24. The number of nitrogens with two attached hydrogens (primary N) is 1. The highest BCUT2D eigenvalue weighted by molar-refractivity contribution is 5.95. The van der Waals surface area contributed by atoms with Gasteiger partial charge in [0, 0.05) is 0 Å². The summed E-state index contributed by atoms with van der Waals surface area (Å²) < 4.78 is 0. The van der Waals surface area contributed by atoms with E-state index < -0.39 is 6.04 Å². The molecule has 15 heavy (non-hydrogen) atoms. The molecule has 2 aliphatic heterocycles. The van der Waals surface area contributed by atoms with Crippen LogP contribution in [0.25, 0.3) is 0 Å². The third kappa shape index (κ3) is 1.66. The maximum Gasteiger partial charge on any atom is 0.240 e. The molecule has 2 saturated heterocycles. The first-order valence-corrected chi connectivity index (χ1v) is 5.47. The van der Waals surface area contributed by atoms with Crippen LogP contribution in [0, 0.1) is 0 Å². The second kappa shape index (κ2) is 3.90. The maximum absolute atomic E-state index is 11.9. The van der Waals surface area contributed by atoms with Gasteiger partial charge in [-0.25, -0.2) is 0 Å². The van der Waals surface area contributed by atoms with Crippen molar-refractivity contribution in [2.24, 2.45) is 5.73 Å². The van der Waals surface area contributed by atoms with Gasteiger partial charge in [-0.1, -0.05) is 6.92 Å². The van der Waals surface area contributed by atoms with Crippen molar-refractivity contribution in [3.63, 3.8) is 0 Å². The number of hydrogen-bond acceptors (Lipinski definition) is 4. The van der Waals surface area contributed by atoms with E-state index in [9.17, 15) is 9.59 Å². The number of rotatable bonds is 2. The predicted molar refractivity (Wildman–Crippen MR) is 55.2 cm³/mol. The zero-order chi connectivity index (χ0) is 11.0. The fraction of sp³-hybridized carbons (Fsp3) is 0.800. The summed E-state index contributed by atoms with van der Waals surface area (Å²) >= 11 is 0. The zero-order valence-electron chi connectivity index (χ0n) is 8.90. The molecule has 0 radical (unpaired) electrons. The molecule has 1 amide bonds. The number of carbonyl (C=O) groups excluding carboxylic acids is 2. The number of amides is 1. The number of nitrogens with one attached hydrogen (secondary N) is 1.